The van der Waals surface area contributed by atoms with Gasteiger partial charge in [0, 0.05) is 5.56 Å². The largest absolute Gasteiger partial charge is 0.272 e. The molecule has 0 radical (unpaired) electrons. The summed E-state index contributed by atoms with van der Waals surface area (Å²) in [6, 6.07) is 12.9. The van der Waals surface area contributed by atoms with E-state index in [1.165, 1.54) is 6.07 Å². The minimum absolute atomic E-state index is 0.319. The summed E-state index contributed by atoms with van der Waals surface area (Å²) in [5.41, 5.74) is 3.40. The molecule has 0 fully saturated rings. The molecule has 0 saturated heterocycles. The number of rotatable bonds is 3. The van der Waals surface area contributed by atoms with Crippen LogP contribution in [0, 0.1) is 5.82 Å². The Hall–Kier alpha value is -2.20. The van der Waals surface area contributed by atoms with Crippen LogP contribution in [-0.4, -0.2) is 11.6 Å². The molecule has 20 heavy (non-hydrogen) atoms. The predicted octanol–water partition coefficient (Wildman–Crippen LogP) is 3.63. The van der Waals surface area contributed by atoms with Gasteiger partial charge in [-0.05, 0) is 25.1 Å². The molecule has 0 aliphatic carbocycles. The molecule has 0 unspecified atom stereocenters. The number of hydrogen-bond donors (Lipinski definition) is 1. The Kier molecular flexibility index (Phi) is 4.48. The van der Waals surface area contributed by atoms with E-state index in [0.29, 0.717) is 21.9 Å². The monoisotopic (exact) mass is 290 g/mol. The predicted molar refractivity (Wildman–Crippen MR) is 77.5 cm³/mol. The number of carbonyl (C=O) groups is 1. The Bertz CT molecular complexity index is 670. The van der Waals surface area contributed by atoms with E-state index >= 15 is 0 Å². The Morgan fingerprint density at radius 1 is 1.10 bits per heavy atom. The summed E-state index contributed by atoms with van der Waals surface area (Å²) in [4.78, 5) is 11.9. The lowest BCUT2D eigenvalue weighted by Crippen LogP contribution is -2.20. The van der Waals surface area contributed by atoms with E-state index in [-0.39, 0.29) is 5.82 Å². The molecule has 5 heteroatoms. The fourth-order valence-electron chi connectivity index (χ4n) is 1.66. The van der Waals surface area contributed by atoms with Crippen molar-refractivity contribution in [2.75, 3.05) is 0 Å². The van der Waals surface area contributed by atoms with Crippen LogP contribution in [0.2, 0.25) is 5.02 Å². The summed E-state index contributed by atoms with van der Waals surface area (Å²) in [7, 11) is 0. The molecule has 0 heterocycles. The van der Waals surface area contributed by atoms with E-state index < -0.39 is 5.91 Å². The summed E-state index contributed by atoms with van der Waals surface area (Å²) >= 11 is 5.91. The lowest BCUT2D eigenvalue weighted by molar-refractivity contribution is 0.0955. The highest BCUT2D eigenvalue weighted by atomic mass is 35.5. The SMILES string of the molecule is C/C(=N\NC(=O)c1ccccc1Cl)c1ccccc1F. The van der Waals surface area contributed by atoms with Gasteiger partial charge in [0.15, 0.2) is 0 Å². The van der Waals surface area contributed by atoms with E-state index in [1.54, 1.807) is 49.4 Å². The molecule has 0 bridgehead atoms. The van der Waals surface area contributed by atoms with Gasteiger partial charge in [-0.1, -0.05) is 41.9 Å². The first-order valence-corrected chi connectivity index (χ1v) is 6.31. The summed E-state index contributed by atoms with van der Waals surface area (Å²) < 4.78 is 13.5. The van der Waals surface area contributed by atoms with Crippen molar-refractivity contribution in [3.05, 3.63) is 70.5 Å². The number of hydrazone groups is 1. The molecule has 3 nitrogen and oxygen atoms in total. The average Bonchev–Trinajstić information content (AvgIpc) is 2.45. The van der Waals surface area contributed by atoms with Crippen molar-refractivity contribution >= 4 is 23.2 Å². The van der Waals surface area contributed by atoms with Crippen molar-refractivity contribution < 1.29 is 9.18 Å². The van der Waals surface area contributed by atoms with E-state index in [2.05, 4.69) is 10.5 Å². The number of nitrogens with zero attached hydrogens (tertiary/aromatic N) is 1. The molecule has 1 amide bonds. The third kappa shape index (κ3) is 3.22. The van der Waals surface area contributed by atoms with Crippen LogP contribution in [-0.2, 0) is 0 Å². The first-order valence-electron chi connectivity index (χ1n) is 5.93. The van der Waals surface area contributed by atoms with Crippen molar-refractivity contribution in [2.45, 2.75) is 6.92 Å². The number of benzene rings is 2. The van der Waals surface area contributed by atoms with Crippen LogP contribution < -0.4 is 5.43 Å². The number of hydrogen-bond acceptors (Lipinski definition) is 2. The molecule has 0 aromatic heterocycles. The lowest BCUT2D eigenvalue weighted by Gasteiger charge is -2.05. The Morgan fingerprint density at radius 2 is 1.70 bits per heavy atom. The molecule has 2 aromatic carbocycles. The van der Waals surface area contributed by atoms with Gasteiger partial charge in [0.05, 0.1) is 16.3 Å². The summed E-state index contributed by atoms with van der Waals surface area (Å²) in [5.74, 6) is -0.827. The van der Waals surface area contributed by atoms with Gasteiger partial charge in [0.25, 0.3) is 5.91 Å². The van der Waals surface area contributed by atoms with Gasteiger partial charge >= 0.3 is 0 Å². The second-order valence-corrected chi connectivity index (χ2v) is 4.51. The summed E-state index contributed by atoms with van der Waals surface area (Å²) in [6.07, 6.45) is 0. The zero-order valence-corrected chi connectivity index (χ0v) is 11.5. The Morgan fingerprint density at radius 3 is 2.35 bits per heavy atom. The normalized spacial score (nSPS) is 11.2. The first-order chi connectivity index (χ1) is 9.59. The fourth-order valence-corrected chi connectivity index (χ4v) is 1.88. The van der Waals surface area contributed by atoms with Crippen molar-refractivity contribution in [2.24, 2.45) is 5.10 Å². The van der Waals surface area contributed by atoms with Gasteiger partial charge in [-0.25, -0.2) is 9.82 Å². The Labute approximate surface area is 121 Å². The number of carbonyl (C=O) groups excluding carboxylic acids is 1. The molecular formula is C15H12ClFN2O. The van der Waals surface area contributed by atoms with E-state index in [9.17, 15) is 9.18 Å². The van der Waals surface area contributed by atoms with Gasteiger partial charge in [-0.15, -0.1) is 0 Å². The quantitative estimate of drug-likeness (QED) is 0.680. The first kappa shape index (κ1) is 14.2. The van der Waals surface area contributed by atoms with Crippen LogP contribution in [0.15, 0.2) is 53.6 Å². The lowest BCUT2D eigenvalue weighted by atomic mass is 10.1. The zero-order chi connectivity index (χ0) is 14.5. The Balaban J connectivity index is 2.16. The van der Waals surface area contributed by atoms with E-state index in [4.69, 9.17) is 11.6 Å². The van der Waals surface area contributed by atoms with Crippen LogP contribution in [0.25, 0.3) is 0 Å². The molecule has 1 N–H and O–H groups in total. The summed E-state index contributed by atoms with van der Waals surface area (Å²) in [5, 5.41) is 4.23. The maximum absolute atomic E-state index is 13.5. The molecule has 0 saturated carbocycles. The van der Waals surface area contributed by atoms with E-state index in [0.717, 1.165) is 0 Å². The van der Waals surface area contributed by atoms with Gasteiger partial charge < -0.3 is 0 Å². The molecule has 0 aliphatic rings. The van der Waals surface area contributed by atoms with Crippen molar-refractivity contribution in [1.82, 2.24) is 5.43 Å². The van der Waals surface area contributed by atoms with Gasteiger partial charge in [-0.2, -0.15) is 5.10 Å². The average molecular weight is 291 g/mol. The summed E-state index contributed by atoms with van der Waals surface area (Å²) in [6.45, 7) is 1.62. The molecule has 0 atom stereocenters. The maximum atomic E-state index is 13.5. The third-order valence-corrected chi connectivity index (χ3v) is 3.04. The van der Waals surface area contributed by atoms with Crippen molar-refractivity contribution in [3.8, 4) is 0 Å². The van der Waals surface area contributed by atoms with Crippen LogP contribution in [0.1, 0.15) is 22.8 Å². The molecular weight excluding hydrogens is 279 g/mol. The van der Waals surface area contributed by atoms with Crippen LogP contribution in [0.3, 0.4) is 0 Å². The zero-order valence-electron chi connectivity index (χ0n) is 10.7. The van der Waals surface area contributed by atoms with Crippen LogP contribution in [0.4, 0.5) is 4.39 Å². The molecule has 2 aromatic rings. The second-order valence-electron chi connectivity index (χ2n) is 4.10. The highest BCUT2D eigenvalue weighted by molar-refractivity contribution is 6.33. The third-order valence-electron chi connectivity index (χ3n) is 2.71. The van der Waals surface area contributed by atoms with Crippen molar-refractivity contribution in [3.63, 3.8) is 0 Å². The molecule has 102 valence electrons. The number of nitrogens with one attached hydrogen (secondary N) is 1. The number of amides is 1. The van der Waals surface area contributed by atoms with E-state index in [1.807, 2.05) is 0 Å². The standard InChI is InChI=1S/C15H12ClFN2O/c1-10(11-6-3-5-9-14(11)17)18-19-15(20)12-7-2-4-8-13(12)16/h2-9H,1H3,(H,19,20)/b18-10+. The number of halogens is 2. The highest BCUT2D eigenvalue weighted by Gasteiger charge is 2.09. The second kappa shape index (κ2) is 6.30. The smallest absolute Gasteiger partial charge is 0.267 e. The van der Waals surface area contributed by atoms with Gasteiger partial charge in [0.1, 0.15) is 5.82 Å². The van der Waals surface area contributed by atoms with Gasteiger partial charge in [-0.3, -0.25) is 4.79 Å². The highest BCUT2D eigenvalue weighted by Crippen LogP contribution is 2.14. The van der Waals surface area contributed by atoms with Crippen LogP contribution in [0.5, 0.6) is 0 Å². The minimum Gasteiger partial charge on any atom is -0.267 e. The van der Waals surface area contributed by atoms with Gasteiger partial charge in [0.2, 0.25) is 0 Å². The molecule has 0 aliphatic heterocycles. The van der Waals surface area contributed by atoms with Crippen LogP contribution >= 0.6 is 11.6 Å². The molecule has 0 spiro atoms. The minimum atomic E-state index is -0.439. The molecule has 2 rings (SSSR count). The fraction of sp³-hybridized carbons (Fsp3) is 0.0667. The topological polar surface area (TPSA) is 41.5 Å². The van der Waals surface area contributed by atoms with Crippen molar-refractivity contribution in [1.29, 1.82) is 0 Å². The maximum Gasteiger partial charge on any atom is 0.272 e.